The Morgan fingerprint density at radius 1 is 1.11 bits per heavy atom. The maximum Gasteiger partial charge on any atom is 0.276 e. The summed E-state index contributed by atoms with van der Waals surface area (Å²) in [6, 6.07) is 6.68. The second kappa shape index (κ2) is 4.94. The summed E-state index contributed by atoms with van der Waals surface area (Å²) in [4.78, 5) is 2.51. The van der Waals surface area contributed by atoms with Crippen molar-refractivity contribution in [1.82, 2.24) is 4.83 Å². The standard InChI is InChI=1S/C13H16N2O2S/c1-10-4-7-13(8-5-10)18(16,17)15-14-12-6-3-11(2)9-12/h4-5,7-9,15H,3,6H2,1-2H3/b14-12+. The first kappa shape index (κ1) is 12.8. The normalized spacial score (nSPS) is 17.9. The maximum absolute atomic E-state index is 11.9. The van der Waals surface area contributed by atoms with E-state index in [4.69, 9.17) is 0 Å². The van der Waals surface area contributed by atoms with Crippen molar-refractivity contribution in [3.8, 4) is 0 Å². The van der Waals surface area contributed by atoms with Crippen molar-refractivity contribution < 1.29 is 8.42 Å². The van der Waals surface area contributed by atoms with Gasteiger partial charge in [0, 0.05) is 0 Å². The van der Waals surface area contributed by atoms with E-state index in [1.807, 2.05) is 19.9 Å². The second-order valence-corrected chi connectivity index (χ2v) is 6.16. The van der Waals surface area contributed by atoms with Gasteiger partial charge in [0.1, 0.15) is 0 Å². The van der Waals surface area contributed by atoms with Gasteiger partial charge in [-0.2, -0.15) is 18.4 Å². The number of benzene rings is 1. The number of nitrogens with zero attached hydrogens (tertiary/aromatic N) is 1. The van der Waals surface area contributed by atoms with Gasteiger partial charge in [0.2, 0.25) is 0 Å². The molecule has 0 amide bonds. The summed E-state index contributed by atoms with van der Waals surface area (Å²) in [7, 11) is -3.55. The Bertz CT molecular complexity index is 598. The molecule has 1 aromatic carbocycles. The molecule has 5 heteroatoms. The predicted molar refractivity (Wildman–Crippen MR) is 71.9 cm³/mol. The molecule has 1 aliphatic rings. The van der Waals surface area contributed by atoms with Gasteiger partial charge in [0.05, 0.1) is 10.6 Å². The van der Waals surface area contributed by atoms with Crippen LogP contribution in [0.4, 0.5) is 0 Å². The van der Waals surface area contributed by atoms with Crippen molar-refractivity contribution in [3.05, 3.63) is 41.5 Å². The van der Waals surface area contributed by atoms with Crippen LogP contribution in [0.2, 0.25) is 0 Å². The fourth-order valence-corrected chi connectivity index (χ4v) is 2.57. The quantitative estimate of drug-likeness (QED) is 0.852. The van der Waals surface area contributed by atoms with E-state index in [0.29, 0.717) is 0 Å². The lowest BCUT2D eigenvalue weighted by molar-refractivity contribution is 0.584. The Labute approximate surface area is 107 Å². The van der Waals surface area contributed by atoms with Crippen LogP contribution >= 0.6 is 0 Å². The van der Waals surface area contributed by atoms with Crippen molar-refractivity contribution in [2.45, 2.75) is 31.6 Å². The molecule has 0 saturated carbocycles. The molecule has 0 unspecified atom stereocenters. The summed E-state index contributed by atoms with van der Waals surface area (Å²) >= 11 is 0. The first-order chi connectivity index (χ1) is 8.47. The van der Waals surface area contributed by atoms with Gasteiger partial charge in [0.25, 0.3) is 10.0 Å². The molecule has 1 N–H and O–H groups in total. The van der Waals surface area contributed by atoms with Gasteiger partial charge in [-0.25, -0.2) is 0 Å². The fourth-order valence-electron chi connectivity index (χ4n) is 1.73. The third-order valence-corrected chi connectivity index (χ3v) is 4.05. The van der Waals surface area contributed by atoms with Gasteiger partial charge < -0.3 is 0 Å². The van der Waals surface area contributed by atoms with Crippen LogP contribution in [0.3, 0.4) is 0 Å². The zero-order chi connectivity index (χ0) is 13.2. The lowest BCUT2D eigenvalue weighted by atomic mass is 10.2. The van der Waals surface area contributed by atoms with E-state index in [0.717, 1.165) is 24.1 Å². The van der Waals surface area contributed by atoms with E-state index in [1.54, 1.807) is 24.3 Å². The Kier molecular flexibility index (Phi) is 3.52. The van der Waals surface area contributed by atoms with Gasteiger partial charge in [-0.1, -0.05) is 23.3 Å². The van der Waals surface area contributed by atoms with Gasteiger partial charge in [0.15, 0.2) is 0 Å². The van der Waals surface area contributed by atoms with E-state index >= 15 is 0 Å². The average molecular weight is 264 g/mol. The third kappa shape index (κ3) is 2.98. The number of hydrazone groups is 1. The van der Waals surface area contributed by atoms with E-state index in [1.165, 1.54) is 5.57 Å². The zero-order valence-corrected chi connectivity index (χ0v) is 11.3. The molecular weight excluding hydrogens is 248 g/mol. The van der Waals surface area contributed by atoms with Crippen LogP contribution in [-0.4, -0.2) is 14.1 Å². The minimum Gasteiger partial charge on any atom is -0.200 e. The topological polar surface area (TPSA) is 58.5 Å². The highest BCUT2D eigenvalue weighted by atomic mass is 32.2. The number of nitrogens with one attached hydrogen (secondary N) is 1. The van der Waals surface area contributed by atoms with Crippen LogP contribution in [-0.2, 0) is 10.0 Å². The van der Waals surface area contributed by atoms with E-state index < -0.39 is 10.0 Å². The first-order valence-corrected chi connectivity index (χ1v) is 7.28. The molecule has 0 fully saturated rings. The van der Waals surface area contributed by atoms with Crippen LogP contribution < -0.4 is 4.83 Å². The average Bonchev–Trinajstić information content (AvgIpc) is 2.73. The molecule has 0 heterocycles. The van der Waals surface area contributed by atoms with Crippen molar-refractivity contribution >= 4 is 15.7 Å². The molecule has 0 aliphatic heterocycles. The van der Waals surface area contributed by atoms with Crippen molar-refractivity contribution in [2.75, 3.05) is 0 Å². The number of aryl methyl sites for hydroxylation is 1. The smallest absolute Gasteiger partial charge is 0.200 e. The van der Waals surface area contributed by atoms with E-state index in [-0.39, 0.29) is 4.90 Å². The molecule has 4 nitrogen and oxygen atoms in total. The highest BCUT2D eigenvalue weighted by molar-refractivity contribution is 7.89. The Hall–Kier alpha value is -1.62. The molecule has 0 radical (unpaired) electrons. The molecule has 2 rings (SSSR count). The number of sulfonamides is 1. The van der Waals surface area contributed by atoms with Gasteiger partial charge in [-0.05, 0) is 44.9 Å². The van der Waals surface area contributed by atoms with E-state index in [9.17, 15) is 8.42 Å². The molecule has 96 valence electrons. The highest BCUT2D eigenvalue weighted by Crippen LogP contribution is 2.15. The fraction of sp³-hybridized carbons (Fsp3) is 0.308. The minimum atomic E-state index is -3.55. The van der Waals surface area contributed by atoms with Crippen molar-refractivity contribution in [3.63, 3.8) is 0 Å². The van der Waals surface area contributed by atoms with Crippen LogP contribution in [0.15, 0.2) is 45.9 Å². The third-order valence-electron chi connectivity index (χ3n) is 2.83. The summed E-state index contributed by atoms with van der Waals surface area (Å²) in [5.74, 6) is 0. The predicted octanol–water partition coefficient (Wildman–Crippen LogP) is 2.37. The zero-order valence-electron chi connectivity index (χ0n) is 10.5. The lowest BCUT2D eigenvalue weighted by Crippen LogP contribution is -2.19. The van der Waals surface area contributed by atoms with Crippen LogP contribution in [0.25, 0.3) is 0 Å². The number of hydrogen-bond donors (Lipinski definition) is 1. The largest absolute Gasteiger partial charge is 0.276 e. The second-order valence-electron chi connectivity index (χ2n) is 4.50. The van der Waals surface area contributed by atoms with Gasteiger partial charge in [-0.15, -0.1) is 0 Å². The Balaban J connectivity index is 2.15. The molecule has 0 bridgehead atoms. The highest BCUT2D eigenvalue weighted by Gasteiger charge is 2.13. The van der Waals surface area contributed by atoms with Crippen LogP contribution in [0, 0.1) is 6.92 Å². The first-order valence-electron chi connectivity index (χ1n) is 5.79. The molecule has 18 heavy (non-hydrogen) atoms. The monoisotopic (exact) mass is 264 g/mol. The summed E-state index contributed by atoms with van der Waals surface area (Å²) in [5, 5.41) is 3.95. The Morgan fingerprint density at radius 3 is 2.33 bits per heavy atom. The van der Waals surface area contributed by atoms with Crippen LogP contribution in [0.5, 0.6) is 0 Å². The molecule has 0 saturated heterocycles. The summed E-state index contributed by atoms with van der Waals surface area (Å²) in [5.41, 5.74) is 3.03. The SMILES string of the molecule is CC1=C/C(=N/NS(=O)(=O)c2ccc(C)cc2)CC1. The number of rotatable bonds is 3. The molecule has 0 spiro atoms. The summed E-state index contributed by atoms with van der Waals surface area (Å²) in [6.07, 6.45) is 3.66. The van der Waals surface area contributed by atoms with Crippen molar-refractivity contribution in [2.24, 2.45) is 5.10 Å². The number of allylic oxidation sites excluding steroid dienone is 2. The molecular formula is C13H16N2O2S. The van der Waals surface area contributed by atoms with Crippen LogP contribution in [0.1, 0.15) is 25.3 Å². The summed E-state index contributed by atoms with van der Waals surface area (Å²) < 4.78 is 23.9. The van der Waals surface area contributed by atoms with Gasteiger partial charge in [-0.3, -0.25) is 0 Å². The van der Waals surface area contributed by atoms with E-state index in [2.05, 4.69) is 9.93 Å². The summed E-state index contributed by atoms with van der Waals surface area (Å²) in [6.45, 7) is 3.92. The molecule has 1 aliphatic carbocycles. The Morgan fingerprint density at radius 2 is 1.78 bits per heavy atom. The number of hydrogen-bond acceptors (Lipinski definition) is 3. The van der Waals surface area contributed by atoms with Crippen molar-refractivity contribution in [1.29, 1.82) is 0 Å². The van der Waals surface area contributed by atoms with Gasteiger partial charge >= 0.3 is 0 Å². The minimum absolute atomic E-state index is 0.233. The molecule has 0 aromatic heterocycles. The molecule has 0 atom stereocenters. The lowest BCUT2D eigenvalue weighted by Gasteiger charge is -2.04. The maximum atomic E-state index is 11.9. The molecule has 1 aromatic rings.